The summed E-state index contributed by atoms with van der Waals surface area (Å²) >= 11 is 1.36. The maximum Gasteiger partial charge on any atom is 0.293 e. The molecule has 6 heteroatoms. The minimum absolute atomic E-state index is 0.248. The summed E-state index contributed by atoms with van der Waals surface area (Å²) in [6.07, 6.45) is 5.13. The summed E-state index contributed by atoms with van der Waals surface area (Å²) in [4.78, 5) is 16.1. The summed E-state index contributed by atoms with van der Waals surface area (Å²) in [5, 5.41) is 5.04. The molecule has 1 aliphatic carbocycles. The molecule has 122 valence electrons. The van der Waals surface area contributed by atoms with E-state index in [9.17, 15) is 4.79 Å². The van der Waals surface area contributed by atoms with Crippen LogP contribution in [0.25, 0.3) is 0 Å². The van der Waals surface area contributed by atoms with Crippen molar-refractivity contribution in [1.29, 1.82) is 0 Å². The number of furan rings is 1. The summed E-state index contributed by atoms with van der Waals surface area (Å²) in [6, 6.07) is 9.62. The molecule has 2 aromatic heterocycles. The van der Waals surface area contributed by atoms with Gasteiger partial charge in [0.15, 0.2) is 10.9 Å². The van der Waals surface area contributed by atoms with E-state index in [2.05, 4.69) is 22.4 Å². The molecule has 5 nitrogen and oxygen atoms in total. The highest BCUT2D eigenvalue weighted by Gasteiger charge is 2.14. The van der Waals surface area contributed by atoms with Crippen LogP contribution < -0.4 is 10.1 Å². The number of thiazole rings is 1. The average Bonchev–Trinajstić information content (AvgIpc) is 3.33. The first-order chi connectivity index (χ1) is 11.8. The van der Waals surface area contributed by atoms with Crippen molar-refractivity contribution in [3.8, 4) is 5.75 Å². The quantitative estimate of drug-likeness (QED) is 0.761. The smallest absolute Gasteiger partial charge is 0.293 e. The number of hydrogen-bond acceptors (Lipinski definition) is 5. The fraction of sp³-hybridized carbons (Fsp3) is 0.222. The van der Waals surface area contributed by atoms with Gasteiger partial charge in [-0.2, -0.15) is 0 Å². The largest absolute Gasteiger partial charge is 0.486 e. The van der Waals surface area contributed by atoms with Crippen molar-refractivity contribution in [2.24, 2.45) is 0 Å². The Morgan fingerprint density at radius 2 is 2.17 bits per heavy atom. The van der Waals surface area contributed by atoms with Crippen LogP contribution in [0.15, 0.2) is 46.3 Å². The lowest BCUT2D eigenvalue weighted by Gasteiger charge is -2.06. The number of nitrogens with one attached hydrogen (secondary N) is 1. The van der Waals surface area contributed by atoms with Gasteiger partial charge in [0, 0.05) is 11.6 Å². The molecular formula is C18H16N2O3S. The molecule has 0 spiro atoms. The molecule has 1 amide bonds. The Hall–Kier alpha value is -2.60. The zero-order valence-electron chi connectivity index (χ0n) is 13.0. The monoisotopic (exact) mass is 340 g/mol. The minimum atomic E-state index is -0.311. The van der Waals surface area contributed by atoms with Crippen molar-refractivity contribution >= 4 is 22.4 Å². The highest BCUT2D eigenvalue weighted by Crippen LogP contribution is 2.26. The molecule has 0 aliphatic heterocycles. The molecule has 1 N–H and O–H groups in total. The van der Waals surface area contributed by atoms with Gasteiger partial charge in [-0.25, -0.2) is 4.98 Å². The van der Waals surface area contributed by atoms with Crippen LogP contribution in [-0.4, -0.2) is 10.9 Å². The van der Waals surface area contributed by atoms with Crippen LogP contribution >= 0.6 is 11.3 Å². The van der Waals surface area contributed by atoms with Crippen LogP contribution in [0.3, 0.4) is 0 Å². The number of carbonyl (C=O) groups is 1. The zero-order chi connectivity index (χ0) is 16.4. The Labute approximate surface area is 143 Å². The first-order valence-electron chi connectivity index (χ1n) is 7.82. The third-order valence-corrected chi connectivity index (χ3v) is 4.68. The number of hydrogen-bond donors (Lipinski definition) is 1. The van der Waals surface area contributed by atoms with Crippen LogP contribution in [0.2, 0.25) is 0 Å². The topological polar surface area (TPSA) is 64.4 Å². The van der Waals surface area contributed by atoms with Gasteiger partial charge in [0.2, 0.25) is 0 Å². The van der Waals surface area contributed by atoms with Crippen molar-refractivity contribution in [1.82, 2.24) is 4.98 Å². The molecule has 1 aliphatic rings. The van der Waals surface area contributed by atoms with E-state index in [4.69, 9.17) is 9.15 Å². The van der Waals surface area contributed by atoms with Crippen LogP contribution in [0.5, 0.6) is 5.75 Å². The maximum absolute atomic E-state index is 12.0. The van der Waals surface area contributed by atoms with E-state index in [1.807, 2.05) is 6.07 Å². The maximum atomic E-state index is 12.0. The Morgan fingerprint density at radius 3 is 3.04 bits per heavy atom. The van der Waals surface area contributed by atoms with E-state index in [-0.39, 0.29) is 11.7 Å². The molecule has 0 saturated carbocycles. The van der Waals surface area contributed by atoms with E-state index >= 15 is 0 Å². The van der Waals surface area contributed by atoms with E-state index in [0.717, 1.165) is 18.6 Å². The standard InChI is InChI=1S/C18H16N2O3S/c21-17(20-18-19-8-9-24-18)16-7-6-15(23-16)11-22-14-5-4-12-2-1-3-13(12)10-14/h4-10H,1-3,11H2,(H,19,20,21). The van der Waals surface area contributed by atoms with Crippen LogP contribution in [0.4, 0.5) is 5.13 Å². The highest BCUT2D eigenvalue weighted by atomic mass is 32.1. The first kappa shape index (κ1) is 15.0. The van der Waals surface area contributed by atoms with Gasteiger partial charge in [0.05, 0.1) is 0 Å². The molecule has 0 unspecified atom stereocenters. The molecule has 2 heterocycles. The van der Waals surface area contributed by atoms with Crippen molar-refractivity contribution in [3.63, 3.8) is 0 Å². The second kappa shape index (κ2) is 6.49. The SMILES string of the molecule is O=C(Nc1nccs1)c1ccc(COc2ccc3c(c2)CCC3)o1. The van der Waals surface area contributed by atoms with Gasteiger partial charge in [-0.3, -0.25) is 10.1 Å². The first-order valence-corrected chi connectivity index (χ1v) is 8.70. The highest BCUT2D eigenvalue weighted by molar-refractivity contribution is 7.13. The summed E-state index contributed by atoms with van der Waals surface area (Å²) in [5.41, 5.74) is 2.79. The van der Waals surface area contributed by atoms with Gasteiger partial charge in [0.1, 0.15) is 18.1 Å². The van der Waals surface area contributed by atoms with Gasteiger partial charge in [0.25, 0.3) is 5.91 Å². The molecule has 4 rings (SSSR count). The van der Waals surface area contributed by atoms with E-state index in [1.54, 1.807) is 23.7 Å². The van der Waals surface area contributed by atoms with Crippen LogP contribution in [-0.2, 0) is 19.4 Å². The van der Waals surface area contributed by atoms with Gasteiger partial charge in [-0.1, -0.05) is 6.07 Å². The lowest BCUT2D eigenvalue weighted by Crippen LogP contribution is -2.10. The number of ether oxygens (including phenoxy) is 1. The third-order valence-electron chi connectivity index (χ3n) is 3.99. The zero-order valence-corrected chi connectivity index (χ0v) is 13.8. The number of aryl methyl sites for hydroxylation is 2. The number of nitrogens with zero attached hydrogens (tertiary/aromatic N) is 1. The molecular weight excluding hydrogens is 324 g/mol. The van der Waals surface area contributed by atoms with Gasteiger partial charge in [-0.15, -0.1) is 11.3 Å². The molecule has 0 saturated heterocycles. The number of carbonyl (C=O) groups excluding carboxylic acids is 1. The predicted molar refractivity (Wildman–Crippen MR) is 91.6 cm³/mol. The van der Waals surface area contributed by atoms with E-state index in [1.165, 1.54) is 28.9 Å². The van der Waals surface area contributed by atoms with E-state index in [0.29, 0.717) is 17.5 Å². The average molecular weight is 340 g/mol. The second-order valence-corrected chi connectivity index (χ2v) is 6.52. The van der Waals surface area contributed by atoms with Crippen molar-refractivity contribution in [2.75, 3.05) is 5.32 Å². The van der Waals surface area contributed by atoms with Crippen molar-refractivity contribution in [3.05, 3.63) is 64.6 Å². The second-order valence-electron chi connectivity index (χ2n) is 5.63. The summed E-state index contributed by atoms with van der Waals surface area (Å²) in [5.74, 6) is 1.38. The Balaban J connectivity index is 1.37. The van der Waals surface area contributed by atoms with Crippen LogP contribution in [0, 0.1) is 0 Å². The third kappa shape index (κ3) is 3.19. The summed E-state index contributed by atoms with van der Waals surface area (Å²) < 4.78 is 11.3. The van der Waals surface area contributed by atoms with Crippen LogP contribution in [0.1, 0.15) is 33.9 Å². The number of fused-ring (bicyclic) bond motifs is 1. The van der Waals surface area contributed by atoms with Gasteiger partial charge in [-0.05, 0) is 54.7 Å². The van der Waals surface area contributed by atoms with Crippen molar-refractivity contribution in [2.45, 2.75) is 25.9 Å². The molecule has 0 atom stereocenters. The number of amides is 1. The number of benzene rings is 1. The normalized spacial score (nSPS) is 12.8. The lowest BCUT2D eigenvalue weighted by molar-refractivity contribution is 0.0992. The molecule has 0 radical (unpaired) electrons. The molecule has 24 heavy (non-hydrogen) atoms. The summed E-state index contributed by atoms with van der Waals surface area (Å²) in [7, 11) is 0. The predicted octanol–water partition coefficient (Wildman–Crippen LogP) is 4.06. The fourth-order valence-electron chi connectivity index (χ4n) is 2.81. The number of rotatable bonds is 5. The number of anilines is 1. The van der Waals surface area contributed by atoms with E-state index < -0.39 is 0 Å². The molecule has 1 aromatic carbocycles. The Kier molecular flexibility index (Phi) is 4.04. The fourth-order valence-corrected chi connectivity index (χ4v) is 3.34. The number of aromatic nitrogens is 1. The van der Waals surface area contributed by atoms with Crippen molar-refractivity contribution < 1.29 is 13.9 Å². The molecule has 0 fully saturated rings. The molecule has 3 aromatic rings. The molecule has 0 bridgehead atoms. The van der Waals surface area contributed by atoms with Gasteiger partial charge < -0.3 is 9.15 Å². The summed E-state index contributed by atoms with van der Waals surface area (Å²) in [6.45, 7) is 0.295. The minimum Gasteiger partial charge on any atom is -0.486 e. The Bertz CT molecular complexity index is 855. The lowest BCUT2D eigenvalue weighted by atomic mass is 10.1. The Morgan fingerprint density at radius 1 is 1.25 bits per heavy atom. The van der Waals surface area contributed by atoms with Gasteiger partial charge >= 0.3 is 0 Å².